The van der Waals surface area contributed by atoms with Gasteiger partial charge in [-0.2, -0.15) is 5.01 Å². The Morgan fingerprint density at radius 1 is 1.21 bits per heavy atom. The Hall–Kier alpha value is -2.37. The summed E-state index contributed by atoms with van der Waals surface area (Å²) in [7, 11) is 0. The van der Waals surface area contributed by atoms with Gasteiger partial charge in [-0.1, -0.05) is 25.5 Å². The molecule has 0 radical (unpaired) electrons. The summed E-state index contributed by atoms with van der Waals surface area (Å²) in [6, 6.07) is 6.40. The van der Waals surface area contributed by atoms with Crippen LogP contribution in [0, 0.1) is 0 Å². The number of nitrogens with zero attached hydrogens (tertiary/aromatic N) is 1. The van der Waals surface area contributed by atoms with Gasteiger partial charge in [-0.15, -0.1) is 0 Å². The van der Waals surface area contributed by atoms with Gasteiger partial charge in [0.25, 0.3) is 11.8 Å². The van der Waals surface area contributed by atoms with E-state index in [1.54, 1.807) is 24.3 Å². The first kappa shape index (κ1) is 13.1. The third-order valence-corrected chi connectivity index (χ3v) is 2.73. The van der Waals surface area contributed by atoms with Gasteiger partial charge in [0.1, 0.15) is 0 Å². The lowest BCUT2D eigenvalue weighted by atomic mass is 10.1. The Labute approximate surface area is 110 Å². The van der Waals surface area contributed by atoms with Crippen LogP contribution < -0.4 is 5.43 Å². The summed E-state index contributed by atoms with van der Waals surface area (Å²) in [4.78, 5) is 35.3. The average molecular weight is 262 g/mol. The molecule has 1 N–H and O–H groups in total. The Morgan fingerprint density at radius 2 is 1.79 bits per heavy atom. The first-order valence-electron chi connectivity index (χ1n) is 6.06. The molecule has 0 saturated carbocycles. The van der Waals surface area contributed by atoms with E-state index in [1.165, 1.54) is 0 Å². The molecule has 0 bridgehead atoms. The minimum absolute atomic E-state index is 0.255. The molecule has 0 saturated heterocycles. The number of amides is 3. The van der Waals surface area contributed by atoms with Gasteiger partial charge in [0.15, 0.2) is 0 Å². The van der Waals surface area contributed by atoms with Gasteiger partial charge in [0.05, 0.1) is 17.7 Å². The lowest BCUT2D eigenvalue weighted by Crippen LogP contribution is -2.46. The quantitative estimate of drug-likeness (QED) is 0.662. The van der Waals surface area contributed by atoms with E-state index < -0.39 is 17.9 Å². The fraction of sp³-hybridized carbons (Fsp3) is 0.308. The fourth-order valence-corrected chi connectivity index (χ4v) is 1.72. The van der Waals surface area contributed by atoms with Crippen molar-refractivity contribution in [1.29, 1.82) is 0 Å². The van der Waals surface area contributed by atoms with Gasteiger partial charge in [0, 0.05) is 0 Å². The van der Waals surface area contributed by atoms with Crippen LogP contribution in [0.1, 0.15) is 40.5 Å². The normalized spacial score (nSPS) is 13.4. The minimum atomic E-state index is -0.803. The van der Waals surface area contributed by atoms with Crippen molar-refractivity contribution < 1.29 is 19.1 Å². The van der Waals surface area contributed by atoms with Crippen molar-refractivity contribution >= 4 is 17.9 Å². The third-order valence-electron chi connectivity index (χ3n) is 2.73. The maximum atomic E-state index is 11.9. The topological polar surface area (TPSA) is 75.7 Å². The molecular weight excluding hydrogens is 248 g/mol. The number of hydrogen-bond donors (Lipinski definition) is 1. The molecular formula is C13H14N2O4. The van der Waals surface area contributed by atoms with Crippen LogP contribution in [0.4, 0.5) is 4.79 Å². The van der Waals surface area contributed by atoms with Crippen LogP contribution in [-0.2, 0) is 4.74 Å². The lowest BCUT2D eigenvalue weighted by molar-refractivity contribution is 0.0527. The number of rotatable bonds is 4. The summed E-state index contributed by atoms with van der Waals surface area (Å²) < 4.78 is 4.84. The van der Waals surface area contributed by atoms with Crippen LogP contribution in [0.25, 0.3) is 0 Å². The summed E-state index contributed by atoms with van der Waals surface area (Å²) in [5.41, 5.74) is 2.72. The summed E-state index contributed by atoms with van der Waals surface area (Å²) >= 11 is 0. The highest BCUT2D eigenvalue weighted by Gasteiger charge is 2.36. The molecule has 1 heterocycles. The van der Waals surface area contributed by atoms with Crippen LogP contribution in [0.15, 0.2) is 24.3 Å². The van der Waals surface area contributed by atoms with E-state index in [0.29, 0.717) is 5.01 Å². The number of hydrazine groups is 1. The van der Waals surface area contributed by atoms with E-state index in [9.17, 15) is 14.4 Å². The zero-order valence-corrected chi connectivity index (χ0v) is 10.5. The molecule has 3 amide bonds. The Kier molecular flexibility index (Phi) is 3.79. The highest BCUT2D eigenvalue weighted by Crippen LogP contribution is 2.20. The Bertz CT molecular complexity index is 492. The second kappa shape index (κ2) is 5.51. The predicted molar refractivity (Wildman–Crippen MR) is 66.3 cm³/mol. The summed E-state index contributed by atoms with van der Waals surface area (Å²) in [5.74, 6) is -1.10. The first-order chi connectivity index (χ1) is 9.15. The first-order valence-corrected chi connectivity index (χ1v) is 6.06. The largest absolute Gasteiger partial charge is 0.448 e. The number of carbonyl (C=O) groups excluding carboxylic acids is 3. The Morgan fingerprint density at radius 3 is 2.32 bits per heavy atom. The van der Waals surface area contributed by atoms with Crippen molar-refractivity contribution in [2.24, 2.45) is 0 Å². The van der Waals surface area contributed by atoms with Crippen LogP contribution in [0.5, 0.6) is 0 Å². The van der Waals surface area contributed by atoms with E-state index in [4.69, 9.17) is 4.74 Å². The zero-order valence-electron chi connectivity index (χ0n) is 10.5. The number of unbranched alkanes of at least 4 members (excludes halogenated alkanes) is 1. The van der Waals surface area contributed by atoms with Gasteiger partial charge in [-0.3, -0.25) is 9.59 Å². The van der Waals surface area contributed by atoms with Gasteiger partial charge >= 0.3 is 6.09 Å². The summed E-state index contributed by atoms with van der Waals surface area (Å²) in [6.07, 6.45) is 0.818. The molecule has 2 rings (SSSR count). The maximum Gasteiger partial charge on any atom is 0.426 e. The van der Waals surface area contributed by atoms with Crippen molar-refractivity contribution in [3.05, 3.63) is 35.4 Å². The van der Waals surface area contributed by atoms with Crippen molar-refractivity contribution in [1.82, 2.24) is 10.4 Å². The molecule has 100 valence electrons. The van der Waals surface area contributed by atoms with Crippen molar-refractivity contribution in [3.8, 4) is 0 Å². The fourth-order valence-electron chi connectivity index (χ4n) is 1.72. The number of fused-ring (bicyclic) bond motifs is 1. The number of carbonyl (C=O) groups is 3. The molecule has 19 heavy (non-hydrogen) atoms. The van der Waals surface area contributed by atoms with Crippen LogP contribution >= 0.6 is 0 Å². The van der Waals surface area contributed by atoms with E-state index in [1.807, 2.05) is 6.92 Å². The molecule has 6 nitrogen and oxygen atoms in total. The summed E-state index contributed by atoms with van der Waals surface area (Å²) in [6.45, 7) is 2.22. The van der Waals surface area contributed by atoms with Crippen LogP contribution in [0.3, 0.4) is 0 Å². The van der Waals surface area contributed by atoms with E-state index in [2.05, 4.69) is 5.43 Å². The number of imide groups is 1. The van der Waals surface area contributed by atoms with Crippen LogP contribution in [0.2, 0.25) is 0 Å². The van der Waals surface area contributed by atoms with Crippen LogP contribution in [-0.4, -0.2) is 29.5 Å². The van der Waals surface area contributed by atoms with Gasteiger partial charge < -0.3 is 4.74 Å². The molecule has 0 unspecified atom stereocenters. The minimum Gasteiger partial charge on any atom is -0.448 e. The monoisotopic (exact) mass is 262 g/mol. The molecule has 1 aromatic rings. The lowest BCUT2D eigenvalue weighted by Gasteiger charge is -2.14. The van der Waals surface area contributed by atoms with E-state index in [0.717, 1.165) is 12.8 Å². The van der Waals surface area contributed by atoms with E-state index in [-0.39, 0.29) is 17.7 Å². The second-order valence-electron chi connectivity index (χ2n) is 4.09. The molecule has 6 heteroatoms. The molecule has 0 aliphatic carbocycles. The molecule has 1 aliphatic rings. The molecule has 1 aliphatic heterocycles. The van der Waals surface area contributed by atoms with Crippen molar-refractivity contribution in [2.45, 2.75) is 19.8 Å². The standard InChI is InChI=1S/C13H14N2O4/c1-2-3-8-19-13(18)14-15-11(16)9-6-4-5-7-10(9)12(15)17/h4-7H,2-3,8H2,1H3,(H,14,18). The van der Waals surface area contributed by atoms with Crippen molar-refractivity contribution in [2.75, 3.05) is 6.61 Å². The smallest absolute Gasteiger partial charge is 0.426 e. The number of ether oxygens (including phenoxy) is 1. The molecule has 0 fully saturated rings. The van der Waals surface area contributed by atoms with Gasteiger partial charge in [0.2, 0.25) is 0 Å². The highest BCUT2D eigenvalue weighted by molar-refractivity contribution is 6.21. The zero-order chi connectivity index (χ0) is 13.8. The van der Waals surface area contributed by atoms with Gasteiger partial charge in [-0.25, -0.2) is 10.2 Å². The Balaban J connectivity index is 2.02. The second-order valence-corrected chi connectivity index (χ2v) is 4.09. The molecule has 0 aromatic heterocycles. The molecule has 0 spiro atoms. The molecule has 1 aromatic carbocycles. The molecule has 0 atom stereocenters. The highest BCUT2D eigenvalue weighted by atomic mass is 16.6. The predicted octanol–water partition coefficient (Wildman–Crippen LogP) is 1.72. The maximum absolute atomic E-state index is 11.9. The number of nitrogens with one attached hydrogen (secondary N) is 1. The van der Waals surface area contributed by atoms with E-state index >= 15 is 0 Å². The average Bonchev–Trinajstić information content (AvgIpc) is 2.65. The summed E-state index contributed by atoms with van der Waals surface area (Å²) in [5, 5.41) is 0.680. The number of hydrogen-bond acceptors (Lipinski definition) is 4. The van der Waals surface area contributed by atoms with Crippen molar-refractivity contribution in [3.63, 3.8) is 0 Å². The number of benzene rings is 1. The van der Waals surface area contributed by atoms with Gasteiger partial charge in [-0.05, 0) is 18.6 Å². The third kappa shape index (κ3) is 2.57. The SMILES string of the molecule is CCCCOC(=O)NN1C(=O)c2ccccc2C1=O.